The number of carbonyl (C=O) groups excluding carboxylic acids is 1. The first-order valence-electron chi connectivity index (χ1n) is 10.6. The van der Waals surface area contributed by atoms with Gasteiger partial charge in [0.25, 0.3) is 0 Å². The third kappa shape index (κ3) is 6.25. The van der Waals surface area contributed by atoms with Gasteiger partial charge in [-0.05, 0) is 49.6 Å². The van der Waals surface area contributed by atoms with Crippen molar-refractivity contribution < 1.29 is 13.2 Å². The van der Waals surface area contributed by atoms with Crippen LogP contribution in [0.4, 0.5) is 11.4 Å². The Balaban J connectivity index is 1.68. The molecule has 2 aromatic rings. The number of anilines is 2. The minimum atomic E-state index is -3.58. The molecule has 1 amide bonds. The summed E-state index contributed by atoms with van der Waals surface area (Å²) in [7, 11) is -3.58. The van der Waals surface area contributed by atoms with Gasteiger partial charge in [0.2, 0.25) is 15.9 Å². The fraction of sp³-hybridized carbons (Fsp3) is 0.391. The number of nitrogens with one attached hydrogen (secondary N) is 2. The van der Waals surface area contributed by atoms with Crippen LogP contribution in [0, 0.1) is 18.3 Å². The van der Waals surface area contributed by atoms with Crippen LogP contribution in [0.2, 0.25) is 0 Å². The Labute approximate surface area is 194 Å². The van der Waals surface area contributed by atoms with E-state index in [0.29, 0.717) is 35.8 Å². The molecule has 170 valence electrons. The van der Waals surface area contributed by atoms with Gasteiger partial charge in [0.15, 0.2) is 0 Å². The largest absolute Gasteiger partial charge is 0.376 e. The number of para-hydroxylation sites is 1. The Hall–Kier alpha value is -2.54. The number of benzene rings is 2. The van der Waals surface area contributed by atoms with Crippen LogP contribution in [0.1, 0.15) is 31.2 Å². The highest BCUT2D eigenvalue weighted by Gasteiger charge is 2.27. The van der Waals surface area contributed by atoms with E-state index in [2.05, 4.69) is 16.7 Å². The third-order valence-electron chi connectivity index (χ3n) is 5.28. The van der Waals surface area contributed by atoms with Crippen molar-refractivity contribution in [3.8, 4) is 6.07 Å². The van der Waals surface area contributed by atoms with Gasteiger partial charge in [0.1, 0.15) is 0 Å². The minimum absolute atomic E-state index is 0.0104. The number of hydrogen-bond donors (Lipinski definition) is 2. The smallest absolute Gasteiger partial charge is 0.243 e. The maximum atomic E-state index is 13.2. The Kier molecular flexibility index (Phi) is 8.56. The molecule has 0 aromatic heterocycles. The van der Waals surface area contributed by atoms with Crippen LogP contribution in [-0.4, -0.2) is 44.0 Å². The summed E-state index contributed by atoms with van der Waals surface area (Å²) in [6, 6.07) is 14.5. The van der Waals surface area contributed by atoms with E-state index in [0.717, 1.165) is 30.6 Å². The molecule has 2 aromatic carbocycles. The van der Waals surface area contributed by atoms with E-state index >= 15 is 0 Å². The first-order valence-corrected chi connectivity index (χ1v) is 13.1. The molecule has 9 heteroatoms. The van der Waals surface area contributed by atoms with Crippen LogP contribution in [0.3, 0.4) is 0 Å². The average molecular weight is 473 g/mol. The summed E-state index contributed by atoms with van der Waals surface area (Å²) < 4.78 is 28.0. The third-order valence-corrected chi connectivity index (χ3v) is 8.26. The van der Waals surface area contributed by atoms with E-state index in [1.54, 1.807) is 35.5 Å². The minimum Gasteiger partial charge on any atom is -0.376 e. The van der Waals surface area contributed by atoms with Gasteiger partial charge in [0, 0.05) is 23.7 Å². The van der Waals surface area contributed by atoms with Gasteiger partial charge < -0.3 is 10.6 Å². The zero-order chi connectivity index (χ0) is 23.0. The van der Waals surface area contributed by atoms with Gasteiger partial charge >= 0.3 is 0 Å². The first kappa shape index (κ1) is 24.1. The zero-order valence-electron chi connectivity index (χ0n) is 18.1. The number of carbonyl (C=O) groups is 1. The van der Waals surface area contributed by atoms with Gasteiger partial charge in [-0.1, -0.05) is 31.0 Å². The van der Waals surface area contributed by atoms with Crippen molar-refractivity contribution in [3.63, 3.8) is 0 Å². The summed E-state index contributed by atoms with van der Waals surface area (Å²) in [6.45, 7) is 2.87. The van der Waals surface area contributed by atoms with E-state index in [9.17, 15) is 13.2 Å². The second-order valence-electron chi connectivity index (χ2n) is 7.64. The Morgan fingerprint density at radius 1 is 1.12 bits per heavy atom. The number of hydrogen-bond acceptors (Lipinski definition) is 6. The second kappa shape index (κ2) is 11.4. The number of nitrogens with zero attached hydrogens (tertiary/aromatic N) is 2. The molecule has 1 aliphatic rings. The molecular weight excluding hydrogens is 444 g/mol. The molecular formula is C23H28N4O3S2. The van der Waals surface area contributed by atoms with Crippen LogP contribution < -0.4 is 10.6 Å². The standard InChI is InChI=1S/C23H28N4O3S2/c1-18-10-11-19(16-22(18)32(29,30)27-13-6-2-3-7-14-27)25-17-23(28)26-20-8-4-5-9-21(20)31-15-12-24/h4-5,8-11,16,25H,2-3,6-7,13-15,17H2,1H3,(H,26,28). The number of nitriles is 1. The molecule has 0 atom stereocenters. The van der Waals surface area contributed by atoms with Crippen LogP contribution in [0.15, 0.2) is 52.3 Å². The molecule has 2 N–H and O–H groups in total. The highest BCUT2D eigenvalue weighted by Crippen LogP contribution is 2.27. The number of thioether (sulfide) groups is 1. The quantitative estimate of drug-likeness (QED) is 0.558. The van der Waals surface area contributed by atoms with E-state index in [1.165, 1.54) is 11.8 Å². The molecule has 1 heterocycles. The predicted octanol–water partition coefficient (Wildman–Crippen LogP) is 4.23. The summed E-state index contributed by atoms with van der Waals surface area (Å²) in [6.07, 6.45) is 3.87. The number of sulfonamides is 1. The molecule has 1 fully saturated rings. The molecule has 1 aliphatic heterocycles. The first-order chi connectivity index (χ1) is 15.4. The summed E-state index contributed by atoms with van der Waals surface area (Å²) in [4.78, 5) is 13.6. The van der Waals surface area contributed by atoms with Gasteiger partial charge in [-0.3, -0.25) is 4.79 Å². The molecule has 0 saturated carbocycles. The lowest BCUT2D eigenvalue weighted by Gasteiger charge is -2.21. The highest BCUT2D eigenvalue weighted by atomic mass is 32.2. The van der Waals surface area contributed by atoms with Crippen molar-refractivity contribution >= 4 is 39.1 Å². The summed E-state index contributed by atoms with van der Waals surface area (Å²) in [5, 5.41) is 14.7. The SMILES string of the molecule is Cc1ccc(NCC(=O)Nc2ccccc2SCC#N)cc1S(=O)(=O)N1CCCCCC1. The van der Waals surface area contributed by atoms with Crippen LogP contribution in [0.5, 0.6) is 0 Å². The van der Waals surface area contributed by atoms with Crippen molar-refractivity contribution in [1.29, 1.82) is 5.26 Å². The molecule has 0 aliphatic carbocycles. The topological polar surface area (TPSA) is 102 Å². The molecule has 0 radical (unpaired) electrons. The Bertz CT molecular complexity index is 1090. The fourth-order valence-corrected chi connectivity index (χ4v) is 6.03. The maximum Gasteiger partial charge on any atom is 0.243 e. The normalized spacial score (nSPS) is 14.9. The van der Waals surface area contributed by atoms with E-state index in [-0.39, 0.29) is 17.3 Å². The van der Waals surface area contributed by atoms with Crippen LogP contribution in [0.25, 0.3) is 0 Å². The van der Waals surface area contributed by atoms with E-state index in [1.807, 2.05) is 18.2 Å². The predicted molar refractivity (Wildman–Crippen MR) is 128 cm³/mol. The molecule has 7 nitrogen and oxygen atoms in total. The van der Waals surface area contributed by atoms with Crippen LogP contribution in [-0.2, 0) is 14.8 Å². The number of amides is 1. The maximum absolute atomic E-state index is 13.2. The molecule has 0 bridgehead atoms. The Morgan fingerprint density at radius 2 is 1.84 bits per heavy atom. The average Bonchev–Trinajstić information content (AvgIpc) is 3.08. The zero-order valence-corrected chi connectivity index (χ0v) is 19.8. The summed E-state index contributed by atoms with van der Waals surface area (Å²) in [5.74, 6) is 0.0375. The monoisotopic (exact) mass is 472 g/mol. The summed E-state index contributed by atoms with van der Waals surface area (Å²) in [5.41, 5.74) is 1.91. The molecule has 0 unspecified atom stereocenters. The molecule has 32 heavy (non-hydrogen) atoms. The van der Waals surface area contributed by atoms with Crippen molar-refractivity contribution in [2.45, 2.75) is 42.4 Å². The summed E-state index contributed by atoms with van der Waals surface area (Å²) >= 11 is 1.36. The number of rotatable bonds is 8. The highest BCUT2D eigenvalue weighted by molar-refractivity contribution is 7.99. The molecule has 1 saturated heterocycles. The van der Waals surface area contributed by atoms with E-state index in [4.69, 9.17) is 5.26 Å². The van der Waals surface area contributed by atoms with Crippen molar-refractivity contribution in [3.05, 3.63) is 48.0 Å². The Morgan fingerprint density at radius 3 is 2.56 bits per heavy atom. The van der Waals surface area contributed by atoms with Crippen molar-refractivity contribution in [2.24, 2.45) is 0 Å². The van der Waals surface area contributed by atoms with Gasteiger partial charge in [-0.15, -0.1) is 11.8 Å². The molecule has 0 spiro atoms. The van der Waals surface area contributed by atoms with Gasteiger partial charge in [-0.25, -0.2) is 8.42 Å². The lowest BCUT2D eigenvalue weighted by atomic mass is 10.2. The lowest BCUT2D eigenvalue weighted by Crippen LogP contribution is -2.32. The lowest BCUT2D eigenvalue weighted by molar-refractivity contribution is -0.114. The number of aryl methyl sites for hydroxylation is 1. The van der Waals surface area contributed by atoms with Crippen LogP contribution >= 0.6 is 11.8 Å². The van der Waals surface area contributed by atoms with Crippen molar-refractivity contribution in [2.75, 3.05) is 36.0 Å². The van der Waals surface area contributed by atoms with Crippen molar-refractivity contribution in [1.82, 2.24) is 4.31 Å². The fourth-order valence-electron chi connectivity index (χ4n) is 3.59. The van der Waals surface area contributed by atoms with Gasteiger partial charge in [0.05, 0.1) is 28.9 Å². The molecule has 3 rings (SSSR count). The van der Waals surface area contributed by atoms with Gasteiger partial charge in [-0.2, -0.15) is 9.57 Å². The second-order valence-corrected chi connectivity index (χ2v) is 10.6. The van der Waals surface area contributed by atoms with E-state index < -0.39 is 10.0 Å².